The van der Waals surface area contributed by atoms with Crippen LogP contribution in [-0.2, 0) is 4.79 Å². The lowest BCUT2D eigenvalue weighted by Gasteiger charge is -2.14. The molecule has 0 aliphatic carbocycles. The van der Waals surface area contributed by atoms with Gasteiger partial charge in [-0.25, -0.2) is 0 Å². The molecule has 14 heavy (non-hydrogen) atoms. The van der Waals surface area contributed by atoms with Crippen LogP contribution in [0.4, 0.5) is 0 Å². The maximum absolute atomic E-state index is 11.4. The van der Waals surface area contributed by atoms with E-state index in [-0.39, 0.29) is 17.3 Å². The van der Waals surface area contributed by atoms with Gasteiger partial charge in [0, 0.05) is 17.8 Å². The SMILES string of the molecule is CCCCCC(=O)NC(C)CC(C)Cl. The van der Waals surface area contributed by atoms with Crippen molar-refractivity contribution in [2.75, 3.05) is 0 Å². The summed E-state index contributed by atoms with van der Waals surface area (Å²) < 4.78 is 0. The smallest absolute Gasteiger partial charge is 0.220 e. The average Bonchev–Trinajstić information content (AvgIpc) is 2.02. The molecule has 0 fully saturated rings. The molecule has 1 N–H and O–H groups in total. The minimum Gasteiger partial charge on any atom is -0.354 e. The van der Waals surface area contributed by atoms with Gasteiger partial charge < -0.3 is 5.32 Å². The quantitative estimate of drug-likeness (QED) is 0.518. The van der Waals surface area contributed by atoms with E-state index in [0.717, 1.165) is 25.7 Å². The van der Waals surface area contributed by atoms with E-state index >= 15 is 0 Å². The van der Waals surface area contributed by atoms with E-state index < -0.39 is 0 Å². The molecule has 2 unspecified atom stereocenters. The lowest BCUT2D eigenvalue weighted by molar-refractivity contribution is -0.121. The molecule has 0 aromatic heterocycles. The highest BCUT2D eigenvalue weighted by Crippen LogP contribution is 2.05. The number of amides is 1. The molecule has 0 rings (SSSR count). The van der Waals surface area contributed by atoms with Gasteiger partial charge in [-0.1, -0.05) is 19.8 Å². The molecule has 0 aliphatic rings. The highest BCUT2D eigenvalue weighted by atomic mass is 35.5. The predicted octanol–water partition coefficient (Wildman–Crippen LogP) is 3.09. The van der Waals surface area contributed by atoms with Gasteiger partial charge in [-0.2, -0.15) is 0 Å². The maximum atomic E-state index is 11.4. The number of nitrogens with one attached hydrogen (secondary N) is 1. The van der Waals surface area contributed by atoms with Gasteiger partial charge in [0.05, 0.1) is 0 Å². The fourth-order valence-corrected chi connectivity index (χ4v) is 1.70. The Morgan fingerprint density at radius 3 is 2.50 bits per heavy atom. The van der Waals surface area contributed by atoms with Crippen molar-refractivity contribution in [2.45, 2.75) is 64.3 Å². The Morgan fingerprint density at radius 2 is 2.00 bits per heavy atom. The second kappa shape index (κ2) is 8.10. The Balaban J connectivity index is 3.50. The van der Waals surface area contributed by atoms with E-state index in [1.165, 1.54) is 0 Å². The van der Waals surface area contributed by atoms with Gasteiger partial charge in [0.2, 0.25) is 5.91 Å². The van der Waals surface area contributed by atoms with Gasteiger partial charge in [0.1, 0.15) is 0 Å². The summed E-state index contributed by atoms with van der Waals surface area (Å²) in [5, 5.41) is 3.07. The van der Waals surface area contributed by atoms with Crippen molar-refractivity contribution < 1.29 is 4.79 Å². The molecular formula is C11H22ClNO. The van der Waals surface area contributed by atoms with Crippen LogP contribution in [0, 0.1) is 0 Å². The van der Waals surface area contributed by atoms with Crippen LogP contribution in [0.5, 0.6) is 0 Å². The molecule has 0 aromatic rings. The third-order valence-corrected chi connectivity index (χ3v) is 2.27. The monoisotopic (exact) mass is 219 g/mol. The molecule has 0 saturated heterocycles. The molecule has 2 atom stereocenters. The Kier molecular flexibility index (Phi) is 7.96. The minimum absolute atomic E-state index is 0.126. The summed E-state index contributed by atoms with van der Waals surface area (Å²) in [4.78, 5) is 11.4. The normalized spacial score (nSPS) is 14.9. The van der Waals surface area contributed by atoms with Crippen molar-refractivity contribution in [1.29, 1.82) is 0 Å². The molecule has 0 bridgehead atoms. The summed E-state index contributed by atoms with van der Waals surface area (Å²) in [7, 11) is 0. The zero-order chi connectivity index (χ0) is 11.0. The molecule has 0 spiro atoms. The lowest BCUT2D eigenvalue weighted by Crippen LogP contribution is -2.33. The second-order valence-electron chi connectivity index (χ2n) is 3.94. The van der Waals surface area contributed by atoms with Crippen molar-refractivity contribution >= 4 is 17.5 Å². The van der Waals surface area contributed by atoms with E-state index in [9.17, 15) is 4.79 Å². The first-order valence-corrected chi connectivity index (χ1v) is 5.93. The number of halogens is 1. The van der Waals surface area contributed by atoms with Crippen LogP contribution < -0.4 is 5.32 Å². The van der Waals surface area contributed by atoms with Gasteiger partial charge in [0.15, 0.2) is 0 Å². The van der Waals surface area contributed by atoms with Crippen molar-refractivity contribution in [2.24, 2.45) is 0 Å². The van der Waals surface area contributed by atoms with Crippen LogP contribution in [0.1, 0.15) is 52.9 Å². The van der Waals surface area contributed by atoms with Gasteiger partial charge >= 0.3 is 0 Å². The molecule has 2 nitrogen and oxygen atoms in total. The van der Waals surface area contributed by atoms with Crippen LogP contribution in [0.15, 0.2) is 0 Å². The van der Waals surface area contributed by atoms with Crippen molar-refractivity contribution in [3.8, 4) is 0 Å². The summed E-state index contributed by atoms with van der Waals surface area (Å²) in [6, 6.07) is 0.191. The zero-order valence-corrected chi connectivity index (χ0v) is 10.2. The molecule has 0 radical (unpaired) electrons. The van der Waals surface area contributed by atoms with Crippen molar-refractivity contribution in [1.82, 2.24) is 5.32 Å². The maximum Gasteiger partial charge on any atom is 0.220 e. The summed E-state index contributed by atoms with van der Waals surface area (Å²) in [5.41, 5.74) is 0. The van der Waals surface area contributed by atoms with Crippen LogP contribution in [-0.4, -0.2) is 17.3 Å². The third-order valence-electron chi connectivity index (χ3n) is 2.09. The molecule has 84 valence electrons. The first-order chi connectivity index (χ1) is 6.56. The molecule has 3 heteroatoms. The number of alkyl halides is 1. The van der Waals surface area contributed by atoms with Crippen LogP contribution in [0.25, 0.3) is 0 Å². The Bertz CT molecular complexity index is 159. The van der Waals surface area contributed by atoms with Crippen LogP contribution in [0.2, 0.25) is 0 Å². The highest BCUT2D eigenvalue weighted by molar-refractivity contribution is 6.20. The number of carbonyl (C=O) groups excluding carboxylic acids is 1. The Morgan fingerprint density at radius 1 is 1.36 bits per heavy atom. The van der Waals surface area contributed by atoms with E-state index in [1.807, 2.05) is 13.8 Å². The van der Waals surface area contributed by atoms with Crippen LogP contribution >= 0.6 is 11.6 Å². The van der Waals surface area contributed by atoms with E-state index in [0.29, 0.717) is 6.42 Å². The number of hydrogen-bond acceptors (Lipinski definition) is 1. The van der Waals surface area contributed by atoms with Gasteiger partial charge in [-0.3, -0.25) is 4.79 Å². The zero-order valence-electron chi connectivity index (χ0n) is 9.48. The summed E-state index contributed by atoms with van der Waals surface area (Å²) in [6.45, 7) is 6.08. The molecule has 0 heterocycles. The third kappa shape index (κ3) is 8.36. The fourth-order valence-electron chi connectivity index (χ4n) is 1.43. The number of hydrogen-bond donors (Lipinski definition) is 1. The van der Waals surface area contributed by atoms with Gasteiger partial charge in [-0.05, 0) is 26.7 Å². The topological polar surface area (TPSA) is 29.1 Å². The average molecular weight is 220 g/mol. The molecule has 1 amide bonds. The lowest BCUT2D eigenvalue weighted by atomic mass is 10.1. The first-order valence-electron chi connectivity index (χ1n) is 5.49. The van der Waals surface area contributed by atoms with Crippen LogP contribution in [0.3, 0.4) is 0 Å². The molecule has 0 saturated carbocycles. The second-order valence-corrected chi connectivity index (χ2v) is 4.69. The largest absolute Gasteiger partial charge is 0.354 e. The Hall–Kier alpha value is -0.240. The molecule has 0 aliphatic heterocycles. The van der Waals surface area contributed by atoms with Gasteiger partial charge in [0.25, 0.3) is 0 Å². The minimum atomic E-state index is 0.126. The number of unbranched alkanes of at least 4 members (excludes halogenated alkanes) is 2. The van der Waals surface area contributed by atoms with E-state index in [4.69, 9.17) is 11.6 Å². The summed E-state index contributed by atoms with van der Waals surface area (Å²) >= 11 is 5.83. The summed E-state index contributed by atoms with van der Waals surface area (Å²) in [6.07, 6.45) is 4.76. The van der Waals surface area contributed by atoms with Crippen molar-refractivity contribution in [3.05, 3.63) is 0 Å². The fraction of sp³-hybridized carbons (Fsp3) is 0.909. The Labute approximate surface area is 92.4 Å². The highest BCUT2D eigenvalue weighted by Gasteiger charge is 2.09. The van der Waals surface area contributed by atoms with E-state index in [2.05, 4.69) is 12.2 Å². The van der Waals surface area contributed by atoms with Gasteiger partial charge in [-0.15, -0.1) is 11.6 Å². The molecule has 0 aromatic carbocycles. The van der Waals surface area contributed by atoms with Crippen molar-refractivity contribution in [3.63, 3.8) is 0 Å². The first kappa shape index (κ1) is 13.8. The predicted molar refractivity (Wildman–Crippen MR) is 61.7 cm³/mol. The molecular weight excluding hydrogens is 198 g/mol. The van der Waals surface area contributed by atoms with E-state index in [1.54, 1.807) is 0 Å². The number of rotatable bonds is 7. The number of carbonyl (C=O) groups is 1. The standard InChI is InChI=1S/C11H22ClNO/c1-4-5-6-7-11(14)13-10(3)8-9(2)12/h9-10H,4-8H2,1-3H3,(H,13,14). The summed E-state index contributed by atoms with van der Waals surface area (Å²) in [5.74, 6) is 0.156.